The van der Waals surface area contributed by atoms with Crippen molar-refractivity contribution in [2.24, 2.45) is 0 Å². The summed E-state index contributed by atoms with van der Waals surface area (Å²) in [5.74, 6) is 0.234. The number of aromatic hydroxyl groups is 1. The molecule has 0 bridgehead atoms. The minimum absolute atomic E-state index is 0.234. The fourth-order valence-corrected chi connectivity index (χ4v) is 1.41. The summed E-state index contributed by atoms with van der Waals surface area (Å²) in [6.07, 6.45) is 0. The molecule has 2 nitrogen and oxygen atoms in total. The second-order valence-corrected chi connectivity index (χ2v) is 3.14. The van der Waals surface area contributed by atoms with Gasteiger partial charge in [-0.05, 0) is 23.8 Å². The molecule has 0 aliphatic heterocycles. The van der Waals surface area contributed by atoms with Crippen LogP contribution in [0, 0.1) is 0 Å². The zero-order valence-corrected chi connectivity index (χ0v) is 7.64. The Morgan fingerprint density at radius 1 is 0.929 bits per heavy atom. The molecule has 0 fully saturated rings. The molecule has 0 saturated carbocycles. The van der Waals surface area contributed by atoms with Crippen molar-refractivity contribution in [3.63, 3.8) is 0 Å². The van der Waals surface area contributed by atoms with E-state index in [9.17, 15) is 5.11 Å². The van der Waals surface area contributed by atoms with Crippen molar-refractivity contribution in [2.45, 2.75) is 0 Å². The van der Waals surface area contributed by atoms with E-state index in [1.807, 2.05) is 30.3 Å². The molecule has 70 valence electrons. The maximum atomic E-state index is 9.34. The first-order valence-electron chi connectivity index (χ1n) is 4.41. The van der Waals surface area contributed by atoms with E-state index in [1.165, 1.54) is 0 Å². The molecule has 0 aliphatic carbocycles. The monoisotopic (exact) mass is 185 g/mol. The van der Waals surface area contributed by atoms with Crippen LogP contribution in [0.2, 0.25) is 0 Å². The molecule has 3 N–H and O–H groups in total. The maximum absolute atomic E-state index is 9.34. The van der Waals surface area contributed by atoms with Crippen molar-refractivity contribution in [2.75, 3.05) is 5.73 Å². The topological polar surface area (TPSA) is 46.2 Å². The Bertz CT molecular complexity index is 437. The third-order valence-corrected chi connectivity index (χ3v) is 2.12. The van der Waals surface area contributed by atoms with Gasteiger partial charge in [-0.25, -0.2) is 0 Å². The van der Waals surface area contributed by atoms with E-state index in [0.717, 1.165) is 11.1 Å². The zero-order valence-electron chi connectivity index (χ0n) is 7.64. The maximum Gasteiger partial charge on any atom is 0.116 e. The number of hydrogen-bond donors (Lipinski definition) is 2. The smallest absolute Gasteiger partial charge is 0.116 e. The van der Waals surface area contributed by atoms with Crippen LogP contribution in [0.1, 0.15) is 0 Å². The lowest BCUT2D eigenvalue weighted by Gasteiger charge is -2.05. The van der Waals surface area contributed by atoms with Gasteiger partial charge in [0.05, 0.1) is 0 Å². The SMILES string of the molecule is Nc1ccc(O)cc1-c1ccccc1. The van der Waals surface area contributed by atoms with Gasteiger partial charge in [-0.2, -0.15) is 0 Å². The second kappa shape index (κ2) is 3.42. The van der Waals surface area contributed by atoms with Crippen LogP contribution in [0.4, 0.5) is 5.69 Å². The van der Waals surface area contributed by atoms with E-state index in [-0.39, 0.29) is 5.75 Å². The summed E-state index contributed by atoms with van der Waals surface area (Å²) < 4.78 is 0. The van der Waals surface area contributed by atoms with Crippen LogP contribution in [0.25, 0.3) is 11.1 Å². The minimum Gasteiger partial charge on any atom is -0.508 e. The van der Waals surface area contributed by atoms with E-state index in [0.29, 0.717) is 5.69 Å². The third-order valence-electron chi connectivity index (χ3n) is 2.12. The van der Waals surface area contributed by atoms with Crippen molar-refractivity contribution in [1.29, 1.82) is 0 Å². The standard InChI is InChI=1S/C12H11NO/c13-12-7-6-10(14)8-11(12)9-4-2-1-3-5-9/h1-8,14H,13H2. The Labute approximate surface area is 82.6 Å². The molecule has 0 unspecified atom stereocenters. The lowest BCUT2D eigenvalue weighted by atomic mass is 10.0. The normalized spacial score (nSPS) is 10.0. The molecule has 0 radical (unpaired) electrons. The first-order valence-corrected chi connectivity index (χ1v) is 4.41. The lowest BCUT2D eigenvalue weighted by Crippen LogP contribution is -1.88. The zero-order chi connectivity index (χ0) is 9.97. The van der Waals surface area contributed by atoms with Gasteiger partial charge >= 0.3 is 0 Å². The molecule has 0 spiro atoms. The summed E-state index contributed by atoms with van der Waals surface area (Å²) >= 11 is 0. The predicted octanol–water partition coefficient (Wildman–Crippen LogP) is 2.64. The number of phenolic OH excluding ortho intramolecular Hbond substituents is 1. The van der Waals surface area contributed by atoms with Gasteiger partial charge in [0.15, 0.2) is 0 Å². The summed E-state index contributed by atoms with van der Waals surface area (Å²) in [4.78, 5) is 0. The van der Waals surface area contributed by atoms with Crippen LogP contribution in [-0.2, 0) is 0 Å². The highest BCUT2D eigenvalue weighted by Crippen LogP contribution is 2.28. The molecule has 0 heterocycles. The highest BCUT2D eigenvalue weighted by molar-refractivity contribution is 5.77. The number of nitrogens with two attached hydrogens (primary N) is 1. The van der Waals surface area contributed by atoms with Crippen LogP contribution in [-0.4, -0.2) is 5.11 Å². The van der Waals surface area contributed by atoms with Crippen molar-refractivity contribution in [3.8, 4) is 16.9 Å². The average Bonchev–Trinajstić information content (AvgIpc) is 2.23. The largest absolute Gasteiger partial charge is 0.508 e. The molecular formula is C12H11NO. The number of hydrogen-bond acceptors (Lipinski definition) is 2. The lowest BCUT2D eigenvalue weighted by molar-refractivity contribution is 0.475. The first-order chi connectivity index (χ1) is 6.77. The van der Waals surface area contributed by atoms with Crippen molar-refractivity contribution < 1.29 is 5.11 Å². The highest BCUT2D eigenvalue weighted by Gasteiger charge is 2.02. The fourth-order valence-electron chi connectivity index (χ4n) is 1.41. The van der Waals surface area contributed by atoms with Crippen LogP contribution in [0.15, 0.2) is 48.5 Å². The van der Waals surface area contributed by atoms with Crippen molar-refractivity contribution >= 4 is 5.69 Å². The summed E-state index contributed by atoms with van der Waals surface area (Å²) in [6, 6.07) is 14.7. The molecule has 0 saturated heterocycles. The van der Waals surface area contributed by atoms with Crippen molar-refractivity contribution in [3.05, 3.63) is 48.5 Å². The van der Waals surface area contributed by atoms with Gasteiger partial charge < -0.3 is 10.8 Å². The Morgan fingerprint density at radius 3 is 2.36 bits per heavy atom. The Hall–Kier alpha value is -1.96. The van der Waals surface area contributed by atoms with Gasteiger partial charge in [-0.3, -0.25) is 0 Å². The number of anilines is 1. The van der Waals surface area contributed by atoms with Crippen molar-refractivity contribution in [1.82, 2.24) is 0 Å². The van der Waals surface area contributed by atoms with E-state index >= 15 is 0 Å². The summed E-state index contributed by atoms with van der Waals surface area (Å²) in [5, 5.41) is 9.34. The number of rotatable bonds is 1. The fraction of sp³-hybridized carbons (Fsp3) is 0. The van der Waals surface area contributed by atoms with E-state index in [1.54, 1.807) is 18.2 Å². The summed E-state index contributed by atoms with van der Waals surface area (Å²) in [5.41, 5.74) is 8.37. The van der Waals surface area contributed by atoms with Gasteiger partial charge in [-0.1, -0.05) is 30.3 Å². The Morgan fingerprint density at radius 2 is 1.64 bits per heavy atom. The number of phenols is 1. The number of nitrogen functional groups attached to an aromatic ring is 1. The quantitative estimate of drug-likeness (QED) is 0.530. The van der Waals surface area contributed by atoms with Crippen LogP contribution >= 0.6 is 0 Å². The summed E-state index contributed by atoms with van der Waals surface area (Å²) in [7, 11) is 0. The third kappa shape index (κ3) is 1.55. The molecule has 0 amide bonds. The van der Waals surface area contributed by atoms with Crippen LogP contribution < -0.4 is 5.73 Å². The molecule has 2 aromatic rings. The molecule has 0 aromatic heterocycles. The second-order valence-electron chi connectivity index (χ2n) is 3.14. The average molecular weight is 185 g/mol. The van der Waals surface area contributed by atoms with Crippen LogP contribution in [0.3, 0.4) is 0 Å². The molecule has 14 heavy (non-hydrogen) atoms. The number of benzene rings is 2. The van der Waals surface area contributed by atoms with E-state index in [2.05, 4.69) is 0 Å². The van der Waals surface area contributed by atoms with E-state index in [4.69, 9.17) is 5.73 Å². The minimum atomic E-state index is 0.234. The summed E-state index contributed by atoms with van der Waals surface area (Å²) in [6.45, 7) is 0. The first kappa shape index (κ1) is 8.63. The van der Waals surface area contributed by atoms with Crippen LogP contribution in [0.5, 0.6) is 5.75 Å². The highest BCUT2D eigenvalue weighted by atomic mass is 16.3. The molecule has 2 heteroatoms. The van der Waals surface area contributed by atoms with Gasteiger partial charge in [-0.15, -0.1) is 0 Å². The predicted molar refractivity (Wildman–Crippen MR) is 58.0 cm³/mol. The van der Waals surface area contributed by atoms with E-state index < -0.39 is 0 Å². The molecule has 0 atom stereocenters. The molecule has 0 aliphatic rings. The van der Waals surface area contributed by atoms with Gasteiger partial charge in [0.2, 0.25) is 0 Å². The Kier molecular flexibility index (Phi) is 2.11. The molecular weight excluding hydrogens is 174 g/mol. The molecule has 2 rings (SSSR count). The van der Waals surface area contributed by atoms with Gasteiger partial charge in [0, 0.05) is 11.3 Å². The van der Waals surface area contributed by atoms with Gasteiger partial charge in [0.1, 0.15) is 5.75 Å². The Balaban J connectivity index is 2.57. The van der Waals surface area contributed by atoms with Gasteiger partial charge in [0.25, 0.3) is 0 Å². The molecule has 2 aromatic carbocycles.